The fourth-order valence-electron chi connectivity index (χ4n) is 3.55. The van der Waals surface area contributed by atoms with Gasteiger partial charge in [0.2, 0.25) is 0 Å². The van der Waals surface area contributed by atoms with Crippen molar-refractivity contribution in [3.8, 4) is 0 Å². The molecule has 0 saturated heterocycles. The number of Topliss-reactive ketones (excluding diaryl/α,β-unsaturated/α-hetero) is 2. The molecule has 0 heterocycles. The van der Waals surface area contributed by atoms with Crippen LogP contribution in [0.2, 0.25) is 0 Å². The summed E-state index contributed by atoms with van der Waals surface area (Å²) in [5, 5.41) is 0. The van der Waals surface area contributed by atoms with Crippen molar-refractivity contribution in [3.63, 3.8) is 0 Å². The number of rotatable bonds is 5. The molecule has 0 radical (unpaired) electrons. The first kappa shape index (κ1) is 18.6. The Hall–Kier alpha value is -2.17. The van der Waals surface area contributed by atoms with E-state index in [1.165, 1.54) is 17.2 Å². The average Bonchev–Trinajstić information content (AvgIpc) is 2.91. The highest BCUT2D eigenvalue weighted by molar-refractivity contribution is 6.03. The van der Waals surface area contributed by atoms with Crippen LogP contribution < -0.4 is 0 Å². The first-order chi connectivity index (χ1) is 12.3. The first-order valence-electron chi connectivity index (χ1n) is 8.98. The van der Waals surface area contributed by atoms with E-state index in [9.17, 15) is 22.8 Å². The van der Waals surface area contributed by atoms with Crippen molar-refractivity contribution in [2.24, 2.45) is 5.92 Å². The highest BCUT2D eigenvalue weighted by Crippen LogP contribution is 2.34. The van der Waals surface area contributed by atoms with Crippen LogP contribution in [0.4, 0.5) is 13.2 Å². The molecule has 0 bridgehead atoms. The summed E-state index contributed by atoms with van der Waals surface area (Å²) < 4.78 is 38.9. The largest absolute Gasteiger partial charge is 0.395 e. The van der Waals surface area contributed by atoms with Crippen LogP contribution in [-0.2, 0) is 17.6 Å². The second kappa shape index (κ2) is 7.60. The summed E-state index contributed by atoms with van der Waals surface area (Å²) in [6.07, 6.45) is 2.96. The molecular formula is C21H21F3O2. The number of benzene rings is 1. The molecule has 138 valence electrons. The zero-order valence-electron chi connectivity index (χ0n) is 14.4. The minimum absolute atomic E-state index is 0.0134. The van der Waals surface area contributed by atoms with Crippen LogP contribution >= 0.6 is 0 Å². The minimum atomic E-state index is -4.35. The zero-order chi connectivity index (χ0) is 18.7. The van der Waals surface area contributed by atoms with E-state index in [2.05, 4.69) is 0 Å². The summed E-state index contributed by atoms with van der Waals surface area (Å²) in [5.74, 6) is -2.16. The highest BCUT2D eigenvalue weighted by Gasteiger charge is 2.38. The fraction of sp³-hybridized carbons (Fsp3) is 0.429. The number of ketones is 2. The van der Waals surface area contributed by atoms with Gasteiger partial charge in [0.15, 0.2) is 11.6 Å². The monoisotopic (exact) mass is 362 g/mol. The van der Waals surface area contributed by atoms with Crippen LogP contribution in [0.15, 0.2) is 42.0 Å². The van der Waals surface area contributed by atoms with Gasteiger partial charge in [0.1, 0.15) is 0 Å². The number of carbonyl (C=O) groups excluding carboxylic acids is 2. The van der Waals surface area contributed by atoms with Gasteiger partial charge in [-0.15, -0.1) is 0 Å². The van der Waals surface area contributed by atoms with Crippen molar-refractivity contribution in [3.05, 3.63) is 58.7 Å². The maximum Gasteiger partial charge on any atom is 0.395 e. The van der Waals surface area contributed by atoms with E-state index in [0.717, 1.165) is 25.3 Å². The molecule has 0 amide bonds. The van der Waals surface area contributed by atoms with Crippen LogP contribution in [0, 0.1) is 5.92 Å². The van der Waals surface area contributed by atoms with Crippen LogP contribution in [0.5, 0.6) is 0 Å². The molecule has 2 aliphatic carbocycles. The van der Waals surface area contributed by atoms with Crippen LogP contribution in [0.3, 0.4) is 0 Å². The Morgan fingerprint density at radius 2 is 1.77 bits per heavy atom. The topological polar surface area (TPSA) is 34.1 Å². The second-order valence-corrected chi connectivity index (χ2v) is 6.93. The molecule has 1 unspecified atom stereocenters. The molecular weight excluding hydrogens is 341 g/mol. The van der Waals surface area contributed by atoms with Crippen molar-refractivity contribution in [2.45, 2.75) is 51.1 Å². The summed E-state index contributed by atoms with van der Waals surface area (Å²) in [5.41, 5.74) is 3.10. The van der Waals surface area contributed by atoms with Crippen molar-refractivity contribution >= 4 is 11.6 Å². The normalized spacial score (nSPS) is 19.7. The van der Waals surface area contributed by atoms with Gasteiger partial charge in [0.05, 0.1) is 5.92 Å². The molecule has 1 atom stereocenters. The number of hydrogen-bond acceptors (Lipinski definition) is 2. The quantitative estimate of drug-likeness (QED) is 0.678. The Labute approximate surface area is 150 Å². The van der Waals surface area contributed by atoms with Gasteiger partial charge in [0, 0.05) is 24.0 Å². The smallest absolute Gasteiger partial charge is 0.294 e. The van der Waals surface area contributed by atoms with Crippen molar-refractivity contribution in [1.29, 1.82) is 0 Å². The molecule has 1 aromatic carbocycles. The summed E-state index contributed by atoms with van der Waals surface area (Å²) in [6, 6.07) is 5.63. The summed E-state index contributed by atoms with van der Waals surface area (Å²) >= 11 is 0. The SMILES string of the molecule is O=C(CCC(=O)c1ccc2c(c1)CCC2)C1=CC(C(F)(F)F)CCC=C1. The third kappa shape index (κ3) is 4.32. The standard InChI is InChI=1S/C21H21F3O2/c22-21(23,24)18-7-2-1-4-16(13-18)19(25)10-11-20(26)17-9-8-14-5-3-6-15(14)12-17/h1,4,8-9,12-13,18H,2-3,5-7,10-11H2. The van der Waals surface area contributed by atoms with Gasteiger partial charge in [-0.3, -0.25) is 9.59 Å². The lowest BCUT2D eigenvalue weighted by Gasteiger charge is -2.15. The van der Waals surface area contributed by atoms with Crippen molar-refractivity contribution in [1.82, 2.24) is 0 Å². The summed E-state index contributed by atoms with van der Waals surface area (Å²) in [4.78, 5) is 24.7. The maximum absolute atomic E-state index is 13.0. The predicted octanol–water partition coefficient (Wildman–Crippen LogP) is 5.16. The van der Waals surface area contributed by atoms with Crippen molar-refractivity contribution in [2.75, 3.05) is 0 Å². The van der Waals surface area contributed by atoms with Crippen LogP contribution in [-0.4, -0.2) is 17.7 Å². The minimum Gasteiger partial charge on any atom is -0.294 e. The van der Waals surface area contributed by atoms with E-state index in [-0.39, 0.29) is 37.0 Å². The third-order valence-corrected chi connectivity index (χ3v) is 5.06. The van der Waals surface area contributed by atoms with Gasteiger partial charge >= 0.3 is 6.18 Å². The highest BCUT2D eigenvalue weighted by atomic mass is 19.4. The van der Waals surface area contributed by atoms with Gasteiger partial charge in [0.25, 0.3) is 0 Å². The van der Waals surface area contributed by atoms with E-state index < -0.39 is 17.9 Å². The molecule has 0 aromatic heterocycles. The molecule has 2 nitrogen and oxygen atoms in total. The molecule has 0 N–H and O–H groups in total. The molecule has 0 saturated carbocycles. The molecule has 1 aromatic rings. The van der Waals surface area contributed by atoms with Gasteiger partial charge in [-0.05, 0) is 49.3 Å². The van der Waals surface area contributed by atoms with E-state index >= 15 is 0 Å². The molecule has 0 aliphatic heterocycles. The number of aryl methyl sites for hydroxylation is 2. The van der Waals surface area contributed by atoms with Crippen molar-refractivity contribution < 1.29 is 22.8 Å². The van der Waals surface area contributed by atoms with E-state index in [1.807, 2.05) is 12.1 Å². The number of fused-ring (bicyclic) bond motifs is 1. The summed E-state index contributed by atoms with van der Waals surface area (Å²) in [7, 11) is 0. The van der Waals surface area contributed by atoms with Crippen LogP contribution in [0.25, 0.3) is 0 Å². The van der Waals surface area contributed by atoms with E-state index in [4.69, 9.17) is 0 Å². The lowest BCUT2D eigenvalue weighted by atomic mass is 9.96. The number of carbonyl (C=O) groups is 2. The third-order valence-electron chi connectivity index (χ3n) is 5.06. The lowest BCUT2D eigenvalue weighted by Crippen LogP contribution is -2.21. The molecule has 2 aliphatic rings. The zero-order valence-corrected chi connectivity index (χ0v) is 14.4. The number of hydrogen-bond donors (Lipinski definition) is 0. The molecule has 5 heteroatoms. The predicted molar refractivity (Wildman–Crippen MR) is 93.0 cm³/mol. The second-order valence-electron chi connectivity index (χ2n) is 6.93. The molecule has 0 spiro atoms. The molecule has 3 rings (SSSR count). The average molecular weight is 362 g/mol. The van der Waals surface area contributed by atoms with Crippen LogP contribution in [0.1, 0.15) is 53.6 Å². The Balaban J connectivity index is 1.64. The Morgan fingerprint density at radius 1 is 1.04 bits per heavy atom. The van der Waals surface area contributed by atoms with E-state index in [0.29, 0.717) is 5.56 Å². The molecule has 26 heavy (non-hydrogen) atoms. The van der Waals surface area contributed by atoms with Gasteiger partial charge < -0.3 is 0 Å². The molecule has 0 fully saturated rings. The fourth-order valence-corrected chi connectivity index (χ4v) is 3.55. The summed E-state index contributed by atoms with van der Waals surface area (Å²) in [6.45, 7) is 0. The van der Waals surface area contributed by atoms with Gasteiger partial charge in [-0.25, -0.2) is 0 Å². The Kier molecular flexibility index (Phi) is 5.44. The van der Waals surface area contributed by atoms with E-state index in [1.54, 1.807) is 12.1 Å². The lowest BCUT2D eigenvalue weighted by molar-refractivity contribution is -0.162. The van der Waals surface area contributed by atoms with Gasteiger partial charge in [-0.2, -0.15) is 13.2 Å². The number of halogens is 3. The maximum atomic E-state index is 13.0. The van der Waals surface area contributed by atoms with Gasteiger partial charge in [-0.1, -0.05) is 30.4 Å². The Bertz CT molecular complexity index is 772. The first-order valence-corrected chi connectivity index (χ1v) is 8.98. The Morgan fingerprint density at radius 3 is 2.54 bits per heavy atom. The number of allylic oxidation sites excluding steroid dienone is 4. The number of alkyl halides is 3.